The van der Waals surface area contributed by atoms with E-state index in [-0.39, 0.29) is 0 Å². The van der Waals surface area contributed by atoms with Crippen molar-refractivity contribution in [3.8, 4) is 29.1 Å². The van der Waals surface area contributed by atoms with Crippen molar-refractivity contribution < 1.29 is 14.2 Å². The van der Waals surface area contributed by atoms with Gasteiger partial charge >= 0.3 is 0 Å². The second-order valence-electron chi connectivity index (χ2n) is 4.45. The standard InChI is InChI=1S/C19H18O3/c1-5-14-8-6-7-9-15(14)10-11-16-12-18(21-3)19(22-4)13-17(16)20-2/h5-9,12-13H,1H2,2-4H3. The van der Waals surface area contributed by atoms with Gasteiger partial charge in [-0.25, -0.2) is 0 Å². The summed E-state index contributed by atoms with van der Waals surface area (Å²) in [5.41, 5.74) is 2.64. The second-order valence-corrected chi connectivity index (χ2v) is 4.45. The largest absolute Gasteiger partial charge is 0.495 e. The van der Waals surface area contributed by atoms with Crippen LogP contribution in [0.25, 0.3) is 6.08 Å². The molecule has 0 fully saturated rings. The predicted octanol–water partition coefficient (Wildman–Crippen LogP) is 3.76. The zero-order valence-corrected chi connectivity index (χ0v) is 13.0. The van der Waals surface area contributed by atoms with Gasteiger partial charge in [-0.2, -0.15) is 0 Å². The van der Waals surface area contributed by atoms with E-state index in [0.29, 0.717) is 17.2 Å². The molecule has 0 aliphatic rings. The normalized spacial score (nSPS) is 9.41. The highest BCUT2D eigenvalue weighted by atomic mass is 16.5. The summed E-state index contributed by atoms with van der Waals surface area (Å²) >= 11 is 0. The van der Waals surface area contributed by atoms with E-state index in [1.807, 2.05) is 24.3 Å². The molecule has 0 saturated carbocycles. The quantitative estimate of drug-likeness (QED) is 0.804. The van der Waals surface area contributed by atoms with Crippen molar-refractivity contribution in [1.82, 2.24) is 0 Å². The molecule has 3 nitrogen and oxygen atoms in total. The summed E-state index contributed by atoms with van der Waals surface area (Å²) < 4.78 is 15.9. The van der Waals surface area contributed by atoms with Gasteiger partial charge in [-0.3, -0.25) is 0 Å². The SMILES string of the molecule is C=Cc1ccccc1C#Cc1cc(OC)c(OC)cc1OC. The van der Waals surface area contributed by atoms with Crippen molar-refractivity contribution in [3.05, 3.63) is 59.7 Å². The summed E-state index contributed by atoms with van der Waals surface area (Å²) in [6.45, 7) is 3.80. The van der Waals surface area contributed by atoms with Crippen LogP contribution in [0.2, 0.25) is 0 Å². The lowest BCUT2D eigenvalue weighted by Gasteiger charge is -2.11. The second kappa shape index (κ2) is 7.24. The van der Waals surface area contributed by atoms with E-state index >= 15 is 0 Å². The van der Waals surface area contributed by atoms with Gasteiger partial charge in [-0.15, -0.1) is 0 Å². The molecule has 0 atom stereocenters. The van der Waals surface area contributed by atoms with E-state index in [0.717, 1.165) is 16.7 Å². The van der Waals surface area contributed by atoms with E-state index < -0.39 is 0 Å². The molecular formula is C19H18O3. The smallest absolute Gasteiger partial charge is 0.164 e. The van der Waals surface area contributed by atoms with E-state index in [1.165, 1.54) is 0 Å². The fourth-order valence-electron chi connectivity index (χ4n) is 2.05. The monoisotopic (exact) mass is 294 g/mol. The fourth-order valence-corrected chi connectivity index (χ4v) is 2.05. The van der Waals surface area contributed by atoms with Crippen LogP contribution in [0.3, 0.4) is 0 Å². The lowest BCUT2D eigenvalue weighted by Crippen LogP contribution is -1.95. The van der Waals surface area contributed by atoms with Gasteiger partial charge in [0.05, 0.1) is 26.9 Å². The highest BCUT2D eigenvalue weighted by molar-refractivity contribution is 5.61. The molecule has 0 amide bonds. The first-order valence-corrected chi connectivity index (χ1v) is 6.77. The highest BCUT2D eigenvalue weighted by Crippen LogP contribution is 2.34. The first-order chi connectivity index (χ1) is 10.7. The Morgan fingerprint density at radius 3 is 2.05 bits per heavy atom. The van der Waals surface area contributed by atoms with Crippen LogP contribution < -0.4 is 14.2 Å². The molecule has 0 bridgehead atoms. The minimum atomic E-state index is 0.608. The minimum absolute atomic E-state index is 0.608. The average molecular weight is 294 g/mol. The molecule has 0 unspecified atom stereocenters. The summed E-state index contributed by atoms with van der Waals surface area (Å²) in [5, 5.41) is 0. The van der Waals surface area contributed by atoms with Crippen molar-refractivity contribution >= 4 is 6.08 Å². The Balaban J connectivity index is 2.50. The zero-order valence-electron chi connectivity index (χ0n) is 13.0. The Hall–Kier alpha value is -2.86. The van der Waals surface area contributed by atoms with E-state index in [9.17, 15) is 0 Å². The summed E-state index contributed by atoms with van der Waals surface area (Å²) in [6, 6.07) is 11.4. The minimum Gasteiger partial charge on any atom is -0.495 e. The van der Waals surface area contributed by atoms with Gasteiger partial charge in [0, 0.05) is 17.7 Å². The van der Waals surface area contributed by atoms with Crippen LogP contribution in [-0.4, -0.2) is 21.3 Å². The Morgan fingerprint density at radius 1 is 0.818 bits per heavy atom. The topological polar surface area (TPSA) is 27.7 Å². The molecule has 0 saturated heterocycles. The van der Waals surface area contributed by atoms with Crippen molar-refractivity contribution in [2.24, 2.45) is 0 Å². The maximum absolute atomic E-state index is 5.37. The number of benzene rings is 2. The van der Waals surface area contributed by atoms with Crippen LogP contribution in [0.5, 0.6) is 17.2 Å². The summed E-state index contributed by atoms with van der Waals surface area (Å²) in [5.74, 6) is 8.13. The molecule has 2 aromatic carbocycles. The molecule has 22 heavy (non-hydrogen) atoms. The van der Waals surface area contributed by atoms with E-state index in [1.54, 1.807) is 39.5 Å². The van der Waals surface area contributed by atoms with Crippen molar-refractivity contribution in [2.75, 3.05) is 21.3 Å². The van der Waals surface area contributed by atoms with Gasteiger partial charge in [-0.1, -0.05) is 42.7 Å². The van der Waals surface area contributed by atoms with Gasteiger partial charge in [0.1, 0.15) is 5.75 Å². The van der Waals surface area contributed by atoms with Crippen LogP contribution >= 0.6 is 0 Å². The van der Waals surface area contributed by atoms with Crippen LogP contribution in [0.4, 0.5) is 0 Å². The van der Waals surface area contributed by atoms with Crippen LogP contribution in [0, 0.1) is 11.8 Å². The molecule has 2 rings (SSSR count). The maximum Gasteiger partial charge on any atom is 0.164 e. The molecule has 0 heterocycles. The highest BCUT2D eigenvalue weighted by Gasteiger charge is 2.10. The molecular weight excluding hydrogens is 276 g/mol. The number of methoxy groups -OCH3 is 3. The molecule has 0 spiro atoms. The molecule has 0 aliphatic carbocycles. The third-order valence-corrected chi connectivity index (χ3v) is 3.22. The number of hydrogen-bond acceptors (Lipinski definition) is 3. The maximum atomic E-state index is 5.37. The van der Waals surface area contributed by atoms with E-state index in [4.69, 9.17) is 14.2 Å². The van der Waals surface area contributed by atoms with Gasteiger partial charge < -0.3 is 14.2 Å². The van der Waals surface area contributed by atoms with Crippen molar-refractivity contribution in [3.63, 3.8) is 0 Å². The van der Waals surface area contributed by atoms with Crippen LogP contribution in [0.1, 0.15) is 16.7 Å². The summed E-state index contributed by atoms with van der Waals surface area (Å²) in [4.78, 5) is 0. The molecule has 0 aromatic heterocycles. The molecule has 0 aliphatic heterocycles. The van der Waals surface area contributed by atoms with Crippen molar-refractivity contribution in [1.29, 1.82) is 0 Å². The summed E-state index contributed by atoms with van der Waals surface area (Å²) in [6.07, 6.45) is 1.79. The molecule has 112 valence electrons. The predicted molar refractivity (Wildman–Crippen MR) is 88.6 cm³/mol. The number of rotatable bonds is 4. The molecule has 2 aromatic rings. The first-order valence-electron chi connectivity index (χ1n) is 6.77. The van der Waals surface area contributed by atoms with Crippen LogP contribution in [-0.2, 0) is 0 Å². The zero-order chi connectivity index (χ0) is 15.9. The Morgan fingerprint density at radius 2 is 1.41 bits per heavy atom. The lowest BCUT2D eigenvalue weighted by molar-refractivity contribution is 0.348. The Bertz CT molecular complexity index is 736. The fraction of sp³-hybridized carbons (Fsp3) is 0.158. The van der Waals surface area contributed by atoms with Crippen LogP contribution in [0.15, 0.2) is 43.0 Å². The van der Waals surface area contributed by atoms with Gasteiger partial charge in [0.2, 0.25) is 0 Å². The lowest BCUT2D eigenvalue weighted by atomic mass is 10.1. The van der Waals surface area contributed by atoms with E-state index in [2.05, 4.69) is 18.4 Å². The van der Waals surface area contributed by atoms with Gasteiger partial charge in [0.15, 0.2) is 11.5 Å². The first kappa shape index (κ1) is 15.5. The Labute approximate surface area is 131 Å². The number of hydrogen-bond donors (Lipinski definition) is 0. The van der Waals surface area contributed by atoms with Crippen molar-refractivity contribution in [2.45, 2.75) is 0 Å². The van der Waals surface area contributed by atoms with Gasteiger partial charge in [-0.05, 0) is 11.6 Å². The third-order valence-electron chi connectivity index (χ3n) is 3.22. The Kier molecular flexibility index (Phi) is 5.11. The molecule has 0 N–H and O–H groups in total. The average Bonchev–Trinajstić information content (AvgIpc) is 2.59. The van der Waals surface area contributed by atoms with Gasteiger partial charge in [0.25, 0.3) is 0 Å². The number of ether oxygens (including phenoxy) is 3. The summed E-state index contributed by atoms with van der Waals surface area (Å²) in [7, 11) is 4.78. The molecule has 0 radical (unpaired) electrons. The molecule has 3 heteroatoms. The third kappa shape index (κ3) is 3.24.